The van der Waals surface area contributed by atoms with Gasteiger partial charge in [-0.15, -0.1) is 10.2 Å². The highest BCUT2D eigenvalue weighted by Gasteiger charge is 2.35. The van der Waals surface area contributed by atoms with E-state index in [-0.39, 0.29) is 6.10 Å². The fraction of sp³-hybridized carbons (Fsp3) is 0.579. The predicted octanol–water partition coefficient (Wildman–Crippen LogP) is 3.06. The SMILES string of the molecule is CC[C@@H]1C/C(=N/OC2CCOCC2)C[C@@H]1c1nnc2cnc3[nH]ccc3n12. The summed E-state index contributed by atoms with van der Waals surface area (Å²) >= 11 is 0. The molecular formula is C19H24N6O2. The summed E-state index contributed by atoms with van der Waals surface area (Å²) < 4.78 is 7.52. The molecule has 8 heteroatoms. The third-order valence-corrected chi connectivity index (χ3v) is 5.84. The van der Waals surface area contributed by atoms with Gasteiger partial charge in [-0.05, 0) is 24.8 Å². The van der Waals surface area contributed by atoms with Crippen molar-refractivity contribution in [2.45, 2.75) is 51.0 Å². The second-order valence-electron chi connectivity index (χ2n) is 7.48. The molecule has 3 aromatic rings. The molecule has 0 radical (unpaired) electrons. The molecule has 27 heavy (non-hydrogen) atoms. The van der Waals surface area contributed by atoms with Crippen molar-refractivity contribution in [3.05, 3.63) is 24.3 Å². The lowest BCUT2D eigenvalue weighted by atomic mass is 9.93. The molecule has 0 unspecified atom stereocenters. The number of fused-ring (bicyclic) bond motifs is 3. The van der Waals surface area contributed by atoms with Gasteiger partial charge in [0.25, 0.3) is 0 Å². The van der Waals surface area contributed by atoms with Crippen molar-refractivity contribution in [3.8, 4) is 0 Å². The minimum absolute atomic E-state index is 0.185. The van der Waals surface area contributed by atoms with E-state index in [0.717, 1.165) is 73.7 Å². The van der Waals surface area contributed by atoms with E-state index in [2.05, 4.69) is 36.6 Å². The Labute approximate surface area is 157 Å². The summed E-state index contributed by atoms with van der Waals surface area (Å²) in [5, 5.41) is 13.4. The van der Waals surface area contributed by atoms with Crippen LogP contribution in [0.25, 0.3) is 16.8 Å². The first-order valence-electron chi connectivity index (χ1n) is 9.80. The number of aromatic amines is 1. The summed E-state index contributed by atoms with van der Waals surface area (Å²) in [6.45, 7) is 3.76. The molecule has 1 N–H and O–H groups in total. The molecular weight excluding hydrogens is 344 g/mol. The summed E-state index contributed by atoms with van der Waals surface area (Å²) in [5.74, 6) is 1.79. The molecule has 4 heterocycles. The first-order valence-corrected chi connectivity index (χ1v) is 9.80. The van der Waals surface area contributed by atoms with Crippen LogP contribution in [-0.2, 0) is 9.57 Å². The molecule has 142 valence electrons. The minimum atomic E-state index is 0.185. The summed E-state index contributed by atoms with van der Waals surface area (Å²) in [5.41, 5.74) is 3.79. The third-order valence-electron chi connectivity index (χ3n) is 5.84. The van der Waals surface area contributed by atoms with Crippen molar-refractivity contribution in [1.82, 2.24) is 24.6 Å². The van der Waals surface area contributed by atoms with E-state index >= 15 is 0 Å². The number of hydrogen-bond acceptors (Lipinski definition) is 6. The zero-order valence-electron chi connectivity index (χ0n) is 15.5. The molecule has 0 spiro atoms. The quantitative estimate of drug-likeness (QED) is 0.715. The van der Waals surface area contributed by atoms with Gasteiger partial charge in [-0.2, -0.15) is 0 Å². The van der Waals surface area contributed by atoms with Gasteiger partial charge >= 0.3 is 0 Å². The molecule has 1 saturated heterocycles. The number of nitrogens with zero attached hydrogens (tertiary/aromatic N) is 5. The zero-order valence-corrected chi connectivity index (χ0v) is 15.5. The number of oxime groups is 1. The van der Waals surface area contributed by atoms with Crippen LogP contribution in [0.4, 0.5) is 0 Å². The first kappa shape index (κ1) is 16.7. The van der Waals surface area contributed by atoms with Gasteiger partial charge < -0.3 is 14.6 Å². The molecule has 2 atom stereocenters. The van der Waals surface area contributed by atoms with Crippen molar-refractivity contribution in [2.24, 2.45) is 11.1 Å². The van der Waals surface area contributed by atoms with Gasteiger partial charge in [0.2, 0.25) is 0 Å². The molecule has 2 aliphatic rings. The topological polar surface area (TPSA) is 89.7 Å². The van der Waals surface area contributed by atoms with Crippen molar-refractivity contribution < 1.29 is 9.57 Å². The van der Waals surface area contributed by atoms with E-state index in [0.29, 0.717) is 11.8 Å². The summed E-state index contributed by atoms with van der Waals surface area (Å²) in [7, 11) is 0. The lowest BCUT2D eigenvalue weighted by Gasteiger charge is -2.20. The number of hydrogen-bond donors (Lipinski definition) is 1. The van der Waals surface area contributed by atoms with Crippen LogP contribution in [0.3, 0.4) is 0 Å². The molecule has 0 aromatic carbocycles. The highest BCUT2D eigenvalue weighted by Crippen LogP contribution is 2.40. The second kappa shape index (κ2) is 6.92. The van der Waals surface area contributed by atoms with Crippen molar-refractivity contribution >= 4 is 22.5 Å². The molecule has 2 fully saturated rings. The Morgan fingerprint density at radius 2 is 2.19 bits per heavy atom. The molecule has 0 amide bonds. The molecule has 1 saturated carbocycles. The highest BCUT2D eigenvalue weighted by atomic mass is 16.6. The van der Waals surface area contributed by atoms with E-state index < -0.39 is 0 Å². The second-order valence-corrected chi connectivity index (χ2v) is 7.48. The summed E-state index contributed by atoms with van der Waals surface area (Å²) in [6.07, 6.45) is 8.62. The van der Waals surface area contributed by atoms with Crippen LogP contribution in [0.15, 0.2) is 23.6 Å². The van der Waals surface area contributed by atoms with Gasteiger partial charge in [0, 0.05) is 25.0 Å². The molecule has 0 bridgehead atoms. The fourth-order valence-corrected chi connectivity index (χ4v) is 4.32. The van der Waals surface area contributed by atoms with E-state index in [1.165, 1.54) is 0 Å². The van der Waals surface area contributed by atoms with Crippen molar-refractivity contribution in [3.63, 3.8) is 0 Å². The number of H-pyrrole nitrogens is 1. The van der Waals surface area contributed by atoms with Crippen LogP contribution in [0.2, 0.25) is 0 Å². The van der Waals surface area contributed by atoms with Crippen LogP contribution in [-0.4, -0.2) is 49.6 Å². The largest absolute Gasteiger partial charge is 0.392 e. The fourth-order valence-electron chi connectivity index (χ4n) is 4.32. The maximum atomic E-state index is 5.82. The zero-order chi connectivity index (χ0) is 18.2. The van der Waals surface area contributed by atoms with Crippen molar-refractivity contribution in [2.75, 3.05) is 13.2 Å². The number of nitrogens with one attached hydrogen (secondary N) is 1. The van der Waals surface area contributed by atoms with E-state index in [4.69, 9.17) is 9.57 Å². The van der Waals surface area contributed by atoms with Crippen LogP contribution in [0.5, 0.6) is 0 Å². The minimum Gasteiger partial charge on any atom is -0.392 e. The standard InChI is InChI=1S/C19H24N6O2/c1-2-12-9-13(24-27-14-4-7-26-8-5-14)10-15(12)19-23-22-17-11-21-18-16(25(17)19)3-6-20-18/h3,6,11-12,14-15,20H,2,4-5,7-10H2,1H3/b24-13-/t12-,15+/m1/s1. The average molecular weight is 368 g/mol. The maximum Gasteiger partial charge on any atom is 0.179 e. The predicted molar refractivity (Wildman–Crippen MR) is 101 cm³/mol. The van der Waals surface area contributed by atoms with Gasteiger partial charge in [0.1, 0.15) is 11.9 Å². The van der Waals surface area contributed by atoms with E-state index in [1.54, 1.807) is 6.20 Å². The maximum absolute atomic E-state index is 5.82. The Balaban J connectivity index is 1.44. The van der Waals surface area contributed by atoms with Gasteiger partial charge in [-0.25, -0.2) is 4.98 Å². The molecule has 3 aromatic heterocycles. The van der Waals surface area contributed by atoms with Crippen LogP contribution >= 0.6 is 0 Å². The van der Waals surface area contributed by atoms with Crippen LogP contribution in [0.1, 0.15) is 50.8 Å². The Morgan fingerprint density at radius 1 is 1.30 bits per heavy atom. The Kier molecular flexibility index (Phi) is 4.27. The molecule has 1 aliphatic heterocycles. The van der Waals surface area contributed by atoms with E-state index in [1.807, 2.05) is 12.3 Å². The molecule has 8 nitrogen and oxygen atoms in total. The Morgan fingerprint density at radius 3 is 3.04 bits per heavy atom. The highest BCUT2D eigenvalue weighted by molar-refractivity contribution is 5.87. The first-order chi connectivity index (χ1) is 13.3. The van der Waals surface area contributed by atoms with Crippen molar-refractivity contribution in [1.29, 1.82) is 0 Å². The normalized spacial score (nSPS) is 25.7. The summed E-state index contributed by atoms with van der Waals surface area (Å²) in [4.78, 5) is 13.4. The number of ether oxygens (including phenoxy) is 1. The smallest absolute Gasteiger partial charge is 0.179 e. The third kappa shape index (κ3) is 2.97. The summed E-state index contributed by atoms with van der Waals surface area (Å²) in [6, 6.07) is 2.03. The molecule has 5 rings (SSSR count). The number of aromatic nitrogens is 5. The monoisotopic (exact) mass is 368 g/mol. The van der Waals surface area contributed by atoms with Gasteiger partial charge in [0.05, 0.1) is 30.6 Å². The van der Waals surface area contributed by atoms with Gasteiger partial charge in [-0.3, -0.25) is 4.40 Å². The Bertz CT molecular complexity index is 971. The van der Waals surface area contributed by atoms with Gasteiger partial charge in [0.15, 0.2) is 11.3 Å². The van der Waals surface area contributed by atoms with E-state index in [9.17, 15) is 0 Å². The lowest BCUT2D eigenvalue weighted by Crippen LogP contribution is -2.22. The Hall–Kier alpha value is -2.48. The molecule has 1 aliphatic carbocycles. The lowest BCUT2D eigenvalue weighted by molar-refractivity contribution is -0.0302. The number of rotatable bonds is 4. The van der Waals surface area contributed by atoms with Gasteiger partial charge in [-0.1, -0.05) is 18.5 Å². The van der Waals surface area contributed by atoms with Crippen LogP contribution in [0, 0.1) is 5.92 Å². The average Bonchev–Trinajstić information content (AvgIpc) is 3.43. The van der Waals surface area contributed by atoms with Crippen LogP contribution < -0.4 is 0 Å².